The van der Waals surface area contributed by atoms with Gasteiger partial charge in [-0.25, -0.2) is 13.5 Å². The van der Waals surface area contributed by atoms with Crippen molar-refractivity contribution in [3.8, 4) is 0 Å². The average molecular weight is 262 g/mol. The highest BCUT2D eigenvalue weighted by molar-refractivity contribution is 7.91. The summed E-state index contributed by atoms with van der Waals surface area (Å²) in [5, 5.41) is 4.43. The Morgan fingerprint density at radius 1 is 1.41 bits per heavy atom. The monoisotopic (exact) mass is 262 g/mol. The van der Waals surface area contributed by atoms with E-state index in [1.54, 1.807) is 0 Å². The van der Waals surface area contributed by atoms with Crippen LogP contribution < -0.4 is 5.32 Å². The molecule has 2 saturated heterocycles. The number of hydrogen-bond acceptors (Lipinski definition) is 5. The summed E-state index contributed by atoms with van der Waals surface area (Å²) in [6.45, 7) is 1.61. The molecule has 0 saturated carbocycles. The van der Waals surface area contributed by atoms with E-state index in [-0.39, 0.29) is 29.9 Å². The van der Waals surface area contributed by atoms with E-state index in [2.05, 4.69) is 5.32 Å². The number of carbonyl (C=O) groups is 1. The van der Waals surface area contributed by atoms with Gasteiger partial charge < -0.3 is 5.32 Å². The summed E-state index contributed by atoms with van der Waals surface area (Å²) in [5.41, 5.74) is 0. The first kappa shape index (κ1) is 12.8. The van der Waals surface area contributed by atoms with Gasteiger partial charge in [0, 0.05) is 25.6 Å². The van der Waals surface area contributed by atoms with Crippen molar-refractivity contribution in [1.29, 1.82) is 0 Å². The molecule has 0 aromatic heterocycles. The van der Waals surface area contributed by atoms with Crippen LogP contribution in [0.4, 0.5) is 0 Å². The highest BCUT2D eigenvalue weighted by atomic mass is 32.2. The van der Waals surface area contributed by atoms with Gasteiger partial charge in [-0.2, -0.15) is 0 Å². The van der Waals surface area contributed by atoms with E-state index >= 15 is 0 Å². The Bertz CT molecular complexity index is 376. The van der Waals surface area contributed by atoms with Crippen LogP contribution in [-0.4, -0.2) is 56.6 Å². The Kier molecular flexibility index (Phi) is 4.01. The number of amides is 1. The Morgan fingerprint density at radius 2 is 2.24 bits per heavy atom. The lowest BCUT2D eigenvalue weighted by Crippen LogP contribution is -2.48. The summed E-state index contributed by atoms with van der Waals surface area (Å²) in [5.74, 6) is 0.0871. The third-order valence-corrected chi connectivity index (χ3v) is 4.74. The first-order valence-corrected chi connectivity index (χ1v) is 7.76. The second kappa shape index (κ2) is 5.32. The van der Waals surface area contributed by atoms with Gasteiger partial charge in [-0.3, -0.25) is 9.63 Å². The molecule has 98 valence electrons. The molecule has 0 spiro atoms. The maximum atomic E-state index is 11.8. The maximum absolute atomic E-state index is 11.8. The number of nitrogens with zero attached hydrogens (tertiary/aromatic N) is 1. The Hall–Kier alpha value is -0.660. The first-order chi connectivity index (χ1) is 8.07. The summed E-state index contributed by atoms with van der Waals surface area (Å²) in [6, 6.07) is -0.272. The van der Waals surface area contributed by atoms with E-state index in [0.29, 0.717) is 19.7 Å². The number of sulfone groups is 1. The molecule has 2 aliphatic heterocycles. The van der Waals surface area contributed by atoms with Gasteiger partial charge in [-0.05, 0) is 12.8 Å². The van der Waals surface area contributed by atoms with E-state index in [9.17, 15) is 13.2 Å². The highest BCUT2D eigenvalue weighted by Gasteiger charge is 2.28. The van der Waals surface area contributed by atoms with Gasteiger partial charge in [0.05, 0.1) is 18.1 Å². The number of hydroxylamine groups is 2. The molecule has 2 heterocycles. The molecule has 2 rings (SSSR count). The normalized spacial score (nSPS) is 28.9. The molecule has 0 aliphatic carbocycles. The largest absolute Gasteiger partial charge is 0.311 e. The third kappa shape index (κ3) is 3.65. The molecule has 0 radical (unpaired) electrons. The van der Waals surface area contributed by atoms with Crippen LogP contribution in [0.2, 0.25) is 0 Å². The molecule has 6 nitrogen and oxygen atoms in total. The number of hydrogen-bond donors (Lipinski definition) is 1. The van der Waals surface area contributed by atoms with E-state index in [0.717, 1.165) is 12.8 Å². The van der Waals surface area contributed by atoms with Crippen LogP contribution in [0, 0.1) is 0 Å². The van der Waals surface area contributed by atoms with E-state index in [1.165, 1.54) is 5.06 Å². The van der Waals surface area contributed by atoms with Crippen molar-refractivity contribution in [3.63, 3.8) is 0 Å². The highest BCUT2D eigenvalue weighted by Crippen LogP contribution is 2.11. The van der Waals surface area contributed by atoms with Crippen molar-refractivity contribution in [2.24, 2.45) is 0 Å². The molecular weight excluding hydrogens is 244 g/mol. The lowest BCUT2D eigenvalue weighted by Gasteiger charge is -2.29. The number of carbonyl (C=O) groups excluding carboxylic acids is 1. The van der Waals surface area contributed by atoms with Crippen molar-refractivity contribution in [2.45, 2.75) is 25.3 Å². The molecule has 0 aromatic rings. The SMILES string of the molecule is O=C(CC1CS(=O)(=O)CCN1)N1CCCCO1. The molecule has 0 bridgehead atoms. The molecule has 17 heavy (non-hydrogen) atoms. The lowest BCUT2D eigenvalue weighted by atomic mass is 10.2. The van der Waals surface area contributed by atoms with E-state index in [4.69, 9.17) is 4.84 Å². The summed E-state index contributed by atoms with van der Waals surface area (Å²) in [7, 11) is -2.98. The molecule has 0 aromatic carbocycles. The fraction of sp³-hybridized carbons (Fsp3) is 0.900. The van der Waals surface area contributed by atoms with Gasteiger partial charge in [-0.1, -0.05) is 0 Å². The summed E-state index contributed by atoms with van der Waals surface area (Å²) in [6.07, 6.45) is 2.11. The lowest BCUT2D eigenvalue weighted by molar-refractivity contribution is -0.197. The summed E-state index contributed by atoms with van der Waals surface area (Å²) >= 11 is 0. The molecule has 1 N–H and O–H groups in total. The molecular formula is C10H18N2O4S. The van der Waals surface area contributed by atoms with Crippen molar-refractivity contribution in [3.05, 3.63) is 0 Å². The molecule has 2 fully saturated rings. The Labute approximate surface area is 101 Å². The quantitative estimate of drug-likeness (QED) is 0.713. The van der Waals surface area contributed by atoms with Crippen LogP contribution in [0.1, 0.15) is 19.3 Å². The van der Waals surface area contributed by atoms with Gasteiger partial charge in [0.25, 0.3) is 0 Å². The summed E-state index contributed by atoms with van der Waals surface area (Å²) in [4.78, 5) is 17.1. The van der Waals surface area contributed by atoms with E-state index in [1.807, 2.05) is 0 Å². The van der Waals surface area contributed by atoms with Crippen LogP contribution in [0.3, 0.4) is 0 Å². The number of nitrogens with one attached hydrogen (secondary N) is 1. The van der Waals surface area contributed by atoms with Crippen molar-refractivity contribution in [1.82, 2.24) is 10.4 Å². The van der Waals surface area contributed by atoms with Crippen molar-refractivity contribution < 1.29 is 18.0 Å². The molecule has 1 amide bonds. The van der Waals surface area contributed by atoms with Crippen LogP contribution >= 0.6 is 0 Å². The van der Waals surface area contributed by atoms with Gasteiger partial charge in [0.1, 0.15) is 0 Å². The summed E-state index contributed by atoms with van der Waals surface area (Å²) < 4.78 is 22.8. The van der Waals surface area contributed by atoms with Crippen LogP contribution in [0.25, 0.3) is 0 Å². The predicted octanol–water partition coefficient (Wildman–Crippen LogP) is -0.683. The second-order valence-corrected chi connectivity index (χ2v) is 6.73. The topological polar surface area (TPSA) is 75.7 Å². The van der Waals surface area contributed by atoms with Gasteiger partial charge in [0.15, 0.2) is 9.84 Å². The Balaban J connectivity index is 1.85. The second-order valence-electron chi connectivity index (χ2n) is 4.51. The van der Waals surface area contributed by atoms with Gasteiger partial charge in [-0.15, -0.1) is 0 Å². The van der Waals surface area contributed by atoms with Crippen LogP contribution in [0.15, 0.2) is 0 Å². The molecule has 1 atom stereocenters. The van der Waals surface area contributed by atoms with Gasteiger partial charge >= 0.3 is 0 Å². The third-order valence-electron chi connectivity index (χ3n) is 3.00. The van der Waals surface area contributed by atoms with Crippen molar-refractivity contribution in [2.75, 3.05) is 31.2 Å². The maximum Gasteiger partial charge on any atom is 0.247 e. The minimum atomic E-state index is -2.98. The molecule has 2 aliphatic rings. The van der Waals surface area contributed by atoms with Crippen LogP contribution in [0.5, 0.6) is 0 Å². The van der Waals surface area contributed by atoms with Crippen LogP contribution in [-0.2, 0) is 19.5 Å². The minimum Gasteiger partial charge on any atom is -0.311 e. The fourth-order valence-corrected chi connectivity index (χ4v) is 3.55. The number of rotatable bonds is 2. The fourth-order valence-electron chi connectivity index (χ4n) is 2.10. The van der Waals surface area contributed by atoms with E-state index < -0.39 is 9.84 Å². The molecule has 1 unspecified atom stereocenters. The zero-order valence-electron chi connectivity index (χ0n) is 9.72. The smallest absolute Gasteiger partial charge is 0.247 e. The minimum absolute atomic E-state index is 0.0482. The predicted molar refractivity (Wildman–Crippen MR) is 62.0 cm³/mol. The standard InChI is InChI=1S/C10H18N2O4S/c13-10(12-4-1-2-5-16-12)7-9-8-17(14,15)6-3-11-9/h9,11H,1-8H2. The zero-order valence-corrected chi connectivity index (χ0v) is 10.5. The first-order valence-electron chi connectivity index (χ1n) is 5.94. The molecule has 7 heteroatoms. The van der Waals surface area contributed by atoms with Gasteiger partial charge in [0.2, 0.25) is 5.91 Å². The zero-order chi connectivity index (χ0) is 12.3. The average Bonchev–Trinajstić information content (AvgIpc) is 2.29. The van der Waals surface area contributed by atoms with Crippen molar-refractivity contribution >= 4 is 15.7 Å². The Morgan fingerprint density at radius 3 is 2.88 bits per heavy atom.